The Hall–Kier alpha value is -2.68. The highest BCUT2D eigenvalue weighted by molar-refractivity contribution is 7.92. The van der Waals surface area contributed by atoms with E-state index >= 15 is 0 Å². The molecule has 0 saturated carbocycles. The summed E-state index contributed by atoms with van der Waals surface area (Å²) in [6.07, 6.45) is 1.33. The van der Waals surface area contributed by atoms with Gasteiger partial charge >= 0.3 is 0 Å². The van der Waals surface area contributed by atoms with Crippen molar-refractivity contribution in [2.45, 2.75) is 31.9 Å². The van der Waals surface area contributed by atoms with Crippen molar-refractivity contribution < 1.29 is 26.7 Å². The van der Waals surface area contributed by atoms with Crippen LogP contribution >= 0.6 is 0 Å². The first-order valence-electron chi connectivity index (χ1n) is 8.96. The Balaban J connectivity index is 1.84. The number of anilines is 1. The number of para-hydroxylation sites is 1. The standard InChI is InChI=1S/C20H22F2N2O4S/c1-20(2)11-16(14-6-4-5-7-18(14)28-20)23-19(25)12-24(29(3,26)27)17-9-8-13(21)10-15(17)22/h4-10,16H,11-12H2,1-3H3,(H,23,25)/t16-/m0/s1. The summed E-state index contributed by atoms with van der Waals surface area (Å²) in [5, 5.41) is 2.81. The van der Waals surface area contributed by atoms with Crippen molar-refractivity contribution in [2.24, 2.45) is 0 Å². The number of rotatable bonds is 5. The quantitative estimate of drug-likeness (QED) is 0.800. The first kappa shape index (κ1) is 21.0. The molecule has 0 radical (unpaired) electrons. The van der Waals surface area contributed by atoms with E-state index < -0.39 is 51.4 Å². The van der Waals surface area contributed by atoms with E-state index in [0.717, 1.165) is 24.0 Å². The summed E-state index contributed by atoms with van der Waals surface area (Å²) in [5.74, 6) is -1.89. The number of fused-ring (bicyclic) bond motifs is 1. The highest BCUT2D eigenvalue weighted by atomic mass is 32.2. The maximum atomic E-state index is 14.1. The summed E-state index contributed by atoms with van der Waals surface area (Å²) in [4.78, 5) is 12.7. The SMILES string of the molecule is CC1(C)C[C@H](NC(=O)CN(c2ccc(F)cc2F)S(C)(=O)=O)c2ccccc2O1. The van der Waals surface area contributed by atoms with Gasteiger partial charge in [-0.2, -0.15) is 0 Å². The molecule has 156 valence electrons. The summed E-state index contributed by atoms with van der Waals surface area (Å²) in [6, 6.07) is 9.36. The number of sulfonamides is 1. The monoisotopic (exact) mass is 424 g/mol. The van der Waals surface area contributed by atoms with Gasteiger partial charge in [0.15, 0.2) is 0 Å². The Morgan fingerprint density at radius 1 is 1.24 bits per heavy atom. The number of carbonyl (C=O) groups excluding carboxylic acids is 1. The lowest BCUT2D eigenvalue weighted by Crippen LogP contribution is -2.45. The molecule has 2 aromatic rings. The van der Waals surface area contributed by atoms with Gasteiger partial charge in [0.25, 0.3) is 0 Å². The number of benzene rings is 2. The van der Waals surface area contributed by atoms with E-state index in [1.807, 2.05) is 32.0 Å². The molecule has 1 atom stereocenters. The summed E-state index contributed by atoms with van der Waals surface area (Å²) < 4.78 is 58.2. The van der Waals surface area contributed by atoms with Crippen molar-refractivity contribution in [3.63, 3.8) is 0 Å². The molecule has 3 rings (SSSR count). The number of nitrogens with one attached hydrogen (secondary N) is 1. The van der Waals surface area contributed by atoms with E-state index in [2.05, 4.69) is 5.32 Å². The normalized spacial score (nSPS) is 17.8. The van der Waals surface area contributed by atoms with Crippen LogP contribution in [0.25, 0.3) is 0 Å². The molecule has 0 unspecified atom stereocenters. The lowest BCUT2D eigenvalue weighted by Gasteiger charge is -2.38. The Kier molecular flexibility index (Phi) is 5.53. The van der Waals surface area contributed by atoms with Crippen molar-refractivity contribution in [3.05, 3.63) is 59.7 Å². The molecular formula is C20H22F2N2O4S. The van der Waals surface area contributed by atoms with Gasteiger partial charge in [-0.3, -0.25) is 9.10 Å². The fourth-order valence-electron chi connectivity index (χ4n) is 3.37. The Bertz CT molecular complexity index is 1040. The zero-order valence-corrected chi connectivity index (χ0v) is 17.1. The molecule has 0 aliphatic carbocycles. The van der Waals surface area contributed by atoms with Crippen LogP contribution in [0.15, 0.2) is 42.5 Å². The van der Waals surface area contributed by atoms with Crippen LogP contribution in [0.2, 0.25) is 0 Å². The number of amides is 1. The van der Waals surface area contributed by atoms with Crippen LogP contribution < -0.4 is 14.4 Å². The Labute approximate surface area is 168 Å². The zero-order chi connectivity index (χ0) is 21.4. The third-order valence-corrected chi connectivity index (χ3v) is 5.70. The van der Waals surface area contributed by atoms with Crippen LogP contribution in [0.5, 0.6) is 5.75 Å². The van der Waals surface area contributed by atoms with Crippen LogP contribution in [-0.4, -0.2) is 32.7 Å². The van der Waals surface area contributed by atoms with E-state index in [9.17, 15) is 22.0 Å². The second kappa shape index (κ2) is 7.62. The number of halogens is 2. The average molecular weight is 424 g/mol. The van der Waals surface area contributed by atoms with Gasteiger partial charge in [0.1, 0.15) is 29.5 Å². The van der Waals surface area contributed by atoms with Crippen molar-refractivity contribution in [2.75, 3.05) is 17.1 Å². The fourth-order valence-corrected chi connectivity index (χ4v) is 4.22. The smallest absolute Gasteiger partial charge is 0.241 e. The number of ether oxygens (including phenoxy) is 1. The van der Waals surface area contributed by atoms with Crippen molar-refractivity contribution in [3.8, 4) is 5.75 Å². The highest BCUT2D eigenvalue weighted by Crippen LogP contribution is 2.39. The van der Waals surface area contributed by atoms with E-state index in [0.29, 0.717) is 22.5 Å². The second-order valence-electron chi connectivity index (χ2n) is 7.59. The van der Waals surface area contributed by atoms with Gasteiger partial charge in [-0.25, -0.2) is 17.2 Å². The van der Waals surface area contributed by atoms with Crippen LogP contribution in [0, 0.1) is 11.6 Å². The van der Waals surface area contributed by atoms with Crippen LogP contribution in [0.3, 0.4) is 0 Å². The lowest BCUT2D eigenvalue weighted by molar-refractivity contribution is -0.120. The van der Waals surface area contributed by atoms with E-state index in [1.54, 1.807) is 6.07 Å². The molecule has 9 heteroatoms. The summed E-state index contributed by atoms with van der Waals surface area (Å²) >= 11 is 0. The first-order valence-corrected chi connectivity index (χ1v) is 10.8. The molecule has 0 bridgehead atoms. The maximum absolute atomic E-state index is 14.1. The minimum Gasteiger partial charge on any atom is -0.487 e. The molecule has 1 N–H and O–H groups in total. The van der Waals surface area contributed by atoms with Crippen molar-refractivity contribution in [1.29, 1.82) is 0 Å². The molecule has 0 aromatic heterocycles. The first-order chi connectivity index (χ1) is 13.5. The molecule has 6 nitrogen and oxygen atoms in total. The van der Waals surface area contributed by atoms with Gasteiger partial charge in [-0.05, 0) is 32.0 Å². The number of carbonyl (C=O) groups is 1. The maximum Gasteiger partial charge on any atom is 0.241 e. The Morgan fingerprint density at radius 3 is 2.59 bits per heavy atom. The van der Waals surface area contributed by atoms with Gasteiger partial charge in [0.05, 0.1) is 18.0 Å². The van der Waals surface area contributed by atoms with Gasteiger partial charge in [0, 0.05) is 18.1 Å². The molecule has 1 aliphatic rings. The second-order valence-corrected chi connectivity index (χ2v) is 9.50. The molecule has 1 amide bonds. The largest absolute Gasteiger partial charge is 0.487 e. The predicted molar refractivity (Wildman–Crippen MR) is 105 cm³/mol. The summed E-state index contributed by atoms with van der Waals surface area (Å²) in [6.45, 7) is 3.14. The molecule has 0 saturated heterocycles. The van der Waals surface area contributed by atoms with Crippen LogP contribution in [0.1, 0.15) is 31.9 Å². The highest BCUT2D eigenvalue weighted by Gasteiger charge is 2.35. The zero-order valence-electron chi connectivity index (χ0n) is 16.3. The van der Waals surface area contributed by atoms with E-state index in [4.69, 9.17) is 4.74 Å². The number of hydrogen-bond acceptors (Lipinski definition) is 4. The molecule has 2 aromatic carbocycles. The average Bonchev–Trinajstić information content (AvgIpc) is 2.58. The van der Waals surface area contributed by atoms with E-state index in [1.165, 1.54) is 0 Å². The Morgan fingerprint density at radius 2 is 1.93 bits per heavy atom. The number of hydrogen-bond donors (Lipinski definition) is 1. The lowest BCUT2D eigenvalue weighted by atomic mass is 9.89. The third-order valence-electron chi connectivity index (χ3n) is 4.58. The van der Waals surface area contributed by atoms with Gasteiger partial charge in [-0.1, -0.05) is 18.2 Å². The molecular weight excluding hydrogens is 402 g/mol. The topological polar surface area (TPSA) is 75.7 Å². The predicted octanol–water partition coefficient (Wildman–Crippen LogP) is 3.15. The molecule has 1 heterocycles. The minimum absolute atomic E-state index is 0.392. The summed E-state index contributed by atoms with van der Waals surface area (Å²) in [5.41, 5.74) is -0.151. The van der Waals surface area contributed by atoms with Gasteiger partial charge < -0.3 is 10.1 Å². The summed E-state index contributed by atoms with van der Waals surface area (Å²) in [7, 11) is -3.99. The molecule has 0 fully saturated rings. The van der Waals surface area contributed by atoms with E-state index in [-0.39, 0.29) is 0 Å². The molecule has 0 spiro atoms. The van der Waals surface area contributed by atoms with Gasteiger partial charge in [-0.15, -0.1) is 0 Å². The van der Waals surface area contributed by atoms with Crippen molar-refractivity contribution >= 4 is 21.6 Å². The number of nitrogens with zero attached hydrogens (tertiary/aromatic N) is 1. The minimum atomic E-state index is -3.99. The molecule has 1 aliphatic heterocycles. The van der Waals surface area contributed by atoms with Gasteiger partial charge in [0.2, 0.25) is 15.9 Å². The van der Waals surface area contributed by atoms with Crippen LogP contribution in [-0.2, 0) is 14.8 Å². The van der Waals surface area contributed by atoms with Crippen molar-refractivity contribution in [1.82, 2.24) is 5.32 Å². The van der Waals surface area contributed by atoms with Crippen LogP contribution in [0.4, 0.5) is 14.5 Å². The molecule has 29 heavy (non-hydrogen) atoms. The third kappa shape index (κ3) is 4.84. The fraction of sp³-hybridized carbons (Fsp3) is 0.350.